The first kappa shape index (κ1) is 38.6. The zero-order valence-electron chi connectivity index (χ0n) is 24.2. The molecule has 0 spiro atoms. The predicted molar refractivity (Wildman–Crippen MR) is 157 cm³/mol. The highest BCUT2D eigenvalue weighted by Crippen LogP contribution is 2.43. The van der Waals surface area contributed by atoms with Crippen LogP contribution in [0.2, 0.25) is 0 Å². The van der Waals surface area contributed by atoms with E-state index in [4.69, 9.17) is 5.41 Å². The van der Waals surface area contributed by atoms with Crippen LogP contribution in [0.25, 0.3) is 6.08 Å². The highest BCUT2D eigenvalue weighted by Gasteiger charge is 2.56. The molecule has 2 atom stereocenters. The summed E-state index contributed by atoms with van der Waals surface area (Å²) in [6.07, 6.45) is -1.69. The summed E-state index contributed by atoms with van der Waals surface area (Å²) in [5, 5.41) is 18.6. The van der Waals surface area contributed by atoms with E-state index in [2.05, 4.69) is 14.2 Å². The molecule has 1 heterocycles. The number of allylic oxidation sites excluding steroid dienone is 1. The lowest BCUT2D eigenvalue weighted by atomic mass is 9.72. The number of aryl methyl sites for hydroxylation is 1. The van der Waals surface area contributed by atoms with Crippen molar-refractivity contribution >= 4 is 26.8 Å². The quantitative estimate of drug-likeness (QED) is 0.243. The molecule has 2 aromatic rings. The van der Waals surface area contributed by atoms with Crippen LogP contribution < -0.4 is 5.30 Å². The Labute approximate surface area is 220 Å². The van der Waals surface area contributed by atoms with Crippen LogP contribution in [0.15, 0.2) is 36.4 Å². The van der Waals surface area contributed by atoms with Crippen molar-refractivity contribution in [1.29, 1.82) is 5.41 Å². The van der Waals surface area contributed by atoms with Crippen LogP contribution in [-0.2, 0) is 11.8 Å². The van der Waals surface area contributed by atoms with E-state index in [1.165, 1.54) is 12.1 Å². The van der Waals surface area contributed by atoms with Crippen LogP contribution in [0, 0.1) is 12.3 Å². The Morgan fingerprint density at radius 3 is 1.94 bits per heavy atom. The SMILES string of the molecule is CC.CC.CC.CC.Cc1ccc(P)cc1C(C)(C)CC(O)(Cc1ccc(/C=C\C=N)[nH]1)C(F)(F)F. The molecule has 3 N–H and O–H groups in total. The Bertz CT molecular complexity index is 874. The van der Waals surface area contributed by atoms with Gasteiger partial charge in [0.05, 0.1) is 0 Å². The van der Waals surface area contributed by atoms with Crippen molar-refractivity contribution in [3.05, 3.63) is 58.9 Å². The van der Waals surface area contributed by atoms with Crippen molar-refractivity contribution in [2.75, 3.05) is 0 Å². The minimum Gasteiger partial charge on any atom is -0.380 e. The molecule has 36 heavy (non-hydrogen) atoms. The smallest absolute Gasteiger partial charge is 0.380 e. The van der Waals surface area contributed by atoms with Crippen molar-refractivity contribution in [2.24, 2.45) is 0 Å². The van der Waals surface area contributed by atoms with Gasteiger partial charge in [0.25, 0.3) is 0 Å². The summed E-state index contributed by atoms with van der Waals surface area (Å²) >= 11 is 0. The van der Waals surface area contributed by atoms with E-state index < -0.39 is 30.0 Å². The number of hydrogen-bond acceptors (Lipinski definition) is 2. The molecule has 3 nitrogen and oxygen atoms in total. The van der Waals surface area contributed by atoms with Gasteiger partial charge in [-0.1, -0.05) is 87.4 Å². The zero-order valence-corrected chi connectivity index (χ0v) is 25.3. The molecule has 7 heteroatoms. The summed E-state index contributed by atoms with van der Waals surface area (Å²) in [7, 11) is 2.55. The third kappa shape index (κ3) is 12.4. The number of rotatable bonds is 7. The van der Waals surface area contributed by atoms with Crippen molar-refractivity contribution in [3.63, 3.8) is 0 Å². The second-order valence-corrected chi connectivity index (χ2v) is 8.47. The van der Waals surface area contributed by atoms with E-state index in [9.17, 15) is 18.3 Å². The van der Waals surface area contributed by atoms with Crippen molar-refractivity contribution in [1.82, 2.24) is 4.98 Å². The summed E-state index contributed by atoms with van der Waals surface area (Å²) in [6.45, 7) is 21.3. The molecule has 0 fully saturated rings. The molecule has 0 aliphatic carbocycles. The topological polar surface area (TPSA) is 59.9 Å². The maximum absolute atomic E-state index is 13.9. The fourth-order valence-electron chi connectivity index (χ4n) is 3.58. The van der Waals surface area contributed by atoms with Gasteiger partial charge in [-0.3, -0.25) is 0 Å². The van der Waals surface area contributed by atoms with Gasteiger partial charge < -0.3 is 15.5 Å². The highest BCUT2D eigenvalue weighted by atomic mass is 31.0. The van der Waals surface area contributed by atoms with Gasteiger partial charge in [-0.05, 0) is 59.5 Å². The van der Waals surface area contributed by atoms with E-state index >= 15 is 0 Å². The van der Waals surface area contributed by atoms with Crippen molar-refractivity contribution in [2.45, 2.75) is 106 Å². The lowest BCUT2D eigenvalue weighted by molar-refractivity contribution is -0.266. The molecule has 0 saturated heterocycles. The third-order valence-corrected chi connectivity index (χ3v) is 5.24. The second-order valence-electron chi connectivity index (χ2n) is 7.81. The largest absolute Gasteiger partial charge is 0.417 e. The summed E-state index contributed by atoms with van der Waals surface area (Å²) < 4.78 is 41.7. The molecule has 0 amide bonds. The number of aromatic amines is 1. The van der Waals surface area contributed by atoms with Gasteiger partial charge >= 0.3 is 6.18 Å². The fourth-order valence-corrected chi connectivity index (χ4v) is 3.85. The summed E-state index contributed by atoms with van der Waals surface area (Å²) in [5.41, 5.74) is -1.24. The normalized spacial score (nSPS) is 12.3. The average Bonchev–Trinajstić information content (AvgIpc) is 3.30. The molecule has 0 bridgehead atoms. The van der Waals surface area contributed by atoms with Gasteiger partial charge in [0.2, 0.25) is 0 Å². The first-order valence-electron chi connectivity index (χ1n) is 12.9. The van der Waals surface area contributed by atoms with E-state index in [-0.39, 0.29) is 5.69 Å². The molecule has 1 aromatic carbocycles. The Morgan fingerprint density at radius 2 is 1.47 bits per heavy atom. The lowest BCUT2D eigenvalue weighted by Gasteiger charge is -2.38. The molecule has 2 rings (SSSR count). The molecule has 2 unspecified atom stereocenters. The van der Waals surface area contributed by atoms with Crippen LogP contribution in [0.4, 0.5) is 13.2 Å². The first-order chi connectivity index (χ1) is 16.9. The fraction of sp³-hybridized carbons (Fsp3) is 0.552. The number of aliphatic hydroxyl groups is 1. The Balaban J connectivity index is -0.00000124. The van der Waals surface area contributed by atoms with Crippen LogP contribution in [-0.4, -0.2) is 28.1 Å². The molecular formula is C29H50F3N2OP. The monoisotopic (exact) mass is 530 g/mol. The Morgan fingerprint density at radius 1 is 0.944 bits per heavy atom. The van der Waals surface area contributed by atoms with Crippen molar-refractivity contribution < 1.29 is 18.3 Å². The molecule has 0 aliphatic heterocycles. The van der Waals surface area contributed by atoms with Crippen LogP contribution in [0.5, 0.6) is 0 Å². The lowest BCUT2D eigenvalue weighted by Crippen LogP contribution is -2.51. The molecule has 0 aliphatic rings. The molecular weight excluding hydrogens is 480 g/mol. The van der Waals surface area contributed by atoms with E-state index in [1.807, 2.05) is 80.5 Å². The van der Waals surface area contributed by atoms with Crippen LogP contribution in [0.3, 0.4) is 0 Å². The zero-order chi connectivity index (χ0) is 29.2. The Hall–Kier alpha value is -1.91. The van der Waals surface area contributed by atoms with Crippen LogP contribution in [0.1, 0.15) is 98.2 Å². The maximum Gasteiger partial charge on any atom is 0.417 e. The van der Waals surface area contributed by atoms with Crippen LogP contribution >= 0.6 is 9.24 Å². The highest BCUT2D eigenvalue weighted by molar-refractivity contribution is 7.27. The number of H-pyrrole nitrogens is 1. The van der Waals surface area contributed by atoms with Gasteiger partial charge in [-0.25, -0.2) is 0 Å². The van der Waals surface area contributed by atoms with Gasteiger partial charge in [-0.15, -0.1) is 9.24 Å². The first-order valence-corrected chi connectivity index (χ1v) is 13.5. The van der Waals surface area contributed by atoms with Gasteiger partial charge in [-0.2, -0.15) is 13.2 Å². The predicted octanol–water partition coefficient (Wildman–Crippen LogP) is 8.79. The number of halogens is 3. The summed E-state index contributed by atoms with van der Waals surface area (Å²) in [5.74, 6) is 0. The van der Waals surface area contributed by atoms with Gasteiger partial charge in [0.1, 0.15) is 0 Å². The summed E-state index contributed by atoms with van der Waals surface area (Å²) in [4.78, 5) is 2.87. The van der Waals surface area contributed by atoms with Gasteiger partial charge in [0, 0.05) is 24.0 Å². The second kappa shape index (κ2) is 19.2. The minimum atomic E-state index is -4.78. The van der Waals surface area contributed by atoms with Gasteiger partial charge in [0.15, 0.2) is 5.60 Å². The minimum absolute atomic E-state index is 0.289. The van der Waals surface area contributed by atoms with E-state index in [0.717, 1.165) is 22.6 Å². The molecule has 208 valence electrons. The third-order valence-electron chi connectivity index (χ3n) is 4.88. The number of nitrogens with one attached hydrogen (secondary N) is 2. The number of hydrogen-bond donors (Lipinski definition) is 3. The molecule has 0 radical (unpaired) electrons. The number of alkyl halides is 3. The standard InChI is InChI=1S/C21H26F3N2OP.4C2H6/c1-14-6-9-17(28)11-18(14)19(2,3)13-20(27,21(22,23)24)12-16-8-7-15(26-16)5-4-10-25;4*1-2/h4-11,25-27H,12-13,28H2,1-3H3;4*1-2H3/b5-4-,25-10?;;;;. The summed E-state index contributed by atoms with van der Waals surface area (Å²) in [6, 6.07) is 8.77. The van der Waals surface area contributed by atoms with Crippen molar-refractivity contribution in [3.8, 4) is 0 Å². The molecule has 1 aromatic heterocycles. The van der Waals surface area contributed by atoms with E-state index in [1.54, 1.807) is 26.0 Å². The maximum atomic E-state index is 13.9. The Kier molecular flexibility index (Phi) is 20.6. The average molecular weight is 531 g/mol. The molecule has 0 saturated carbocycles. The van der Waals surface area contributed by atoms with E-state index in [0.29, 0.717) is 5.69 Å². The number of aromatic nitrogens is 1. The number of benzene rings is 1.